The average Bonchev–Trinajstić information content (AvgIpc) is 3.29. The monoisotopic (exact) mass is 560 g/mol. The summed E-state index contributed by atoms with van der Waals surface area (Å²) in [6, 6.07) is 29.6. The molecule has 218 valence electrons. The van der Waals surface area contributed by atoms with Gasteiger partial charge in [-0.3, -0.25) is 9.59 Å². The molecule has 0 aliphatic carbocycles. The summed E-state index contributed by atoms with van der Waals surface area (Å²) >= 11 is 0. The standard InChI is InChI=1S/C34H40O7/c1-3-5-22-29(35)40-31-28(39-33(37)32(31)41-30(36)23-6-4-2)24-38-34(25-16-10-7-11-17-25,26-18-12-8-13-19-26)27-20-14-9-15-21-27/h7-21,28,31-33,37H,3-6,22-24H2,1-2H3. The van der Waals surface area contributed by atoms with E-state index in [0.717, 1.165) is 29.5 Å². The Labute approximate surface area is 242 Å². The van der Waals surface area contributed by atoms with E-state index in [2.05, 4.69) is 0 Å². The van der Waals surface area contributed by atoms with Crippen molar-refractivity contribution >= 4 is 11.9 Å². The molecule has 4 unspecified atom stereocenters. The summed E-state index contributed by atoms with van der Waals surface area (Å²) in [6.07, 6.45) is -1.13. The maximum atomic E-state index is 12.7. The second-order valence-corrected chi connectivity index (χ2v) is 10.3. The lowest BCUT2D eigenvalue weighted by atomic mass is 9.80. The molecule has 7 nitrogen and oxygen atoms in total. The summed E-state index contributed by atoms with van der Waals surface area (Å²) in [4.78, 5) is 25.3. The Kier molecular flexibility index (Phi) is 11.1. The largest absolute Gasteiger partial charge is 0.455 e. The Hall–Kier alpha value is -3.52. The molecule has 0 amide bonds. The van der Waals surface area contributed by atoms with Crippen molar-refractivity contribution < 1.29 is 33.6 Å². The molecule has 0 aromatic heterocycles. The number of carbonyl (C=O) groups excluding carboxylic acids is 2. The van der Waals surface area contributed by atoms with E-state index in [0.29, 0.717) is 12.8 Å². The van der Waals surface area contributed by atoms with Gasteiger partial charge >= 0.3 is 11.9 Å². The van der Waals surface area contributed by atoms with Gasteiger partial charge in [-0.2, -0.15) is 0 Å². The quantitative estimate of drug-likeness (QED) is 0.193. The first-order valence-corrected chi connectivity index (χ1v) is 14.5. The Morgan fingerprint density at radius 1 is 0.707 bits per heavy atom. The summed E-state index contributed by atoms with van der Waals surface area (Å²) in [7, 11) is 0. The Morgan fingerprint density at radius 3 is 1.54 bits per heavy atom. The molecular weight excluding hydrogens is 520 g/mol. The van der Waals surface area contributed by atoms with Gasteiger partial charge in [0.2, 0.25) is 0 Å². The number of esters is 2. The lowest BCUT2D eigenvalue weighted by Crippen LogP contribution is -2.43. The normalized spacial score (nSPS) is 20.5. The molecule has 0 saturated carbocycles. The highest BCUT2D eigenvalue weighted by Gasteiger charge is 2.50. The maximum absolute atomic E-state index is 12.7. The van der Waals surface area contributed by atoms with Crippen LogP contribution in [0.4, 0.5) is 0 Å². The summed E-state index contributed by atoms with van der Waals surface area (Å²) < 4.78 is 24.2. The second kappa shape index (κ2) is 14.9. The van der Waals surface area contributed by atoms with Crippen LogP contribution < -0.4 is 0 Å². The van der Waals surface area contributed by atoms with Crippen LogP contribution in [0.15, 0.2) is 91.0 Å². The second-order valence-electron chi connectivity index (χ2n) is 10.3. The van der Waals surface area contributed by atoms with Crippen molar-refractivity contribution in [2.24, 2.45) is 0 Å². The van der Waals surface area contributed by atoms with Gasteiger partial charge in [-0.05, 0) is 29.5 Å². The molecule has 1 saturated heterocycles. The maximum Gasteiger partial charge on any atom is 0.306 e. The molecule has 41 heavy (non-hydrogen) atoms. The third-order valence-corrected chi connectivity index (χ3v) is 7.29. The molecule has 0 spiro atoms. The molecule has 3 aromatic carbocycles. The van der Waals surface area contributed by atoms with Gasteiger partial charge in [-0.15, -0.1) is 0 Å². The smallest absolute Gasteiger partial charge is 0.306 e. The van der Waals surface area contributed by atoms with E-state index < -0.39 is 42.1 Å². The number of carbonyl (C=O) groups is 2. The number of hydrogen-bond acceptors (Lipinski definition) is 7. The minimum Gasteiger partial charge on any atom is -0.455 e. The summed E-state index contributed by atoms with van der Waals surface area (Å²) in [5, 5.41) is 10.8. The van der Waals surface area contributed by atoms with Crippen LogP contribution in [-0.4, -0.2) is 48.3 Å². The predicted molar refractivity (Wildman–Crippen MR) is 155 cm³/mol. The van der Waals surface area contributed by atoms with Gasteiger partial charge in [0.05, 0.1) is 6.61 Å². The molecule has 4 atom stereocenters. The van der Waals surface area contributed by atoms with Crippen molar-refractivity contribution in [3.05, 3.63) is 108 Å². The average molecular weight is 561 g/mol. The first-order valence-electron chi connectivity index (χ1n) is 14.5. The fraction of sp³-hybridized carbons (Fsp3) is 0.412. The number of aliphatic hydroxyl groups excluding tert-OH is 1. The molecule has 1 aliphatic heterocycles. The van der Waals surface area contributed by atoms with Gasteiger partial charge in [-0.25, -0.2) is 0 Å². The lowest BCUT2D eigenvalue weighted by molar-refractivity contribution is -0.177. The molecule has 3 aromatic rings. The van der Waals surface area contributed by atoms with Crippen LogP contribution in [0.2, 0.25) is 0 Å². The highest BCUT2D eigenvalue weighted by Crippen LogP contribution is 2.41. The van der Waals surface area contributed by atoms with Crippen molar-refractivity contribution in [1.82, 2.24) is 0 Å². The minimum absolute atomic E-state index is 0.0511. The van der Waals surface area contributed by atoms with Gasteiger partial charge in [0, 0.05) is 12.8 Å². The van der Waals surface area contributed by atoms with Crippen molar-refractivity contribution in [3.8, 4) is 0 Å². The molecule has 1 heterocycles. The number of ether oxygens (including phenoxy) is 4. The topological polar surface area (TPSA) is 91.3 Å². The molecule has 1 aliphatic rings. The number of unbranched alkanes of at least 4 members (excludes halogenated alkanes) is 2. The van der Waals surface area contributed by atoms with Crippen molar-refractivity contribution in [2.45, 2.75) is 82.6 Å². The fourth-order valence-electron chi connectivity index (χ4n) is 5.15. The zero-order valence-electron chi connectivity index (χ0n) is 23.8. The molecule has 1 N–H and O–H groups in total. The first kappa shape index (κ1) is 30.4. The third kappa shape index (κ3) is 7.41. The van der Waals surface area contributed by atoms with Crippen LogP contribution in [0.1, 0.15) is 69.1 Å². The van der Waals surface area contributed by atoms with Crippen LogP contribution >= 0.6 is 0 Å². The molecule has 7 heteroatoms. The molecule has 1 fully saturated rings. The molecular formula is C34H40O7. The van der Waals surface area contributed by atoms with Crippen molar-refractivity contribution in [2.75, 3.05) is 6.61 Å². The van der Waals surface area contributed by atoms with Crippen molar-refractivity contribution in [1.29, 1.82) is 0 Å². The van der Waals surface area contributed by atoms with Crippen LogP contribution in [0.5, 0.6) is 0 Å². The zero-order chi connectivity index (χ0) is 29.1. The highest BCUT2D eigenvalue weighted by molar-refractivity contribution is 5.70. The minimum atomic E-state index is -1.46. The fourth-order valence-corrected chi connectivity index (χ4v) is 5.15. The van der Waals surface area contributed by atoms with Crippen molar-refractivity contribution in [3.63, 3.8) is 0 Å². The molecule has 0 bridgehead atoms. The number of hydrogen-bond donors (Lipinski definition) is 1. The Morgan fingerprint density at radius 2 is 1.12 bits per heavy atom. The van der Waals surface area contributed by atoms with Gasteiger partial charge in [0.25, 0.3) is 0 Å². The Balaban J connectivity index is 1.68. The van der Waals surface area contributed by atoms with Crippen LogP contribution in [-0.2, 0) is 34.1 Å². The molecule has 4 rings (SSSR count). The van der Waals surface area contributed by atoms with E-state index >= 15 is 0 Å². The lowest BCUT2D eigenvalue weighted by Gasteiger charge is -2.37. The van der Waals surface area contributed by atoms with Gasteiger partial charge in [-0.1, -0.05) is 118 Å². The van der Waals surface area contributed by atoms with Gasteiger partial charge in [0.1, 0.15) is 11.7 Å². The highest BCUT2D eigenvalue weighted by atomic mass is 16.7. The number of aliphatic hydroxyl groups is 1. The van der Waals surface area contributed by atoms with E-state index in [1.165, 1.54) is 0 Å². The number of rotatable bonds is 14. The predicted octanol–water partition coefficient (Wildman–Crippen LogP) is 5.92. The third-order valence-electron chi connectivity index (χ3n) is 7.29. The van der Waals surface area contributed by atoms with E-state index in [4.69, 9.17) is 18.9 Å². The summed E-state index contributed by atoms with van der Waals surface area (Å²) in [6.45, 7) is 3.91. The van der Waals surface area contributed by atoms with E-state index in [-0.39, 0.29) is 19.4 Å². The zero-order valence-corrected chi connectivity index (χ0v) is 23.8. The first-order chi connectivity index (χ1) is 20.0. The SMILES string of the molecule is CCCCC(=O)OC1C(O)OC(COC(c2ccccc2)(c2ccccc2)c2ccccc2)C1OC(=O)CCCC. The van der Waals surface area contributed by atoms with Crippen LogP contribution in [0.3, 0.4) is 0 Å². The van der Waals surface area contributed by atoms with Gasteiger partial charge < -0.3 is 24.1 Å². The van der Waals surface area contributed by atoms with Gasteiger partial charge in [0.15, 0.2) is 18.5 Å². The van der Waals surface area contributed by atoms with Crippen LogP contribution in [0.25, 0.3) is 0 Å². The van der Waals surface area contributed by atoms with Crippen LogP contribution in [0, 0.1) is 0 Å². The van der Waals surface area contributed by atoms with E-state index in [1.54, 1.807) is 0 Å². The summed E-state index contributed by atoms with van der Waals surface area (Å²) in [5.74, 6) is -0.905. The van der Waals surface area contributed by atoms with E-state index in [1.807, 2.05) is 105 Å². The van der Waals surface area contributed by atoms with E-state index in [9.17, 15) is 14.7 Å². The number of benzene rings is 3. The Bertz CT molecular complexity index is 1120. The molecule has 0 radical (unpaired) electrons. The summed E-state index contributed by atoms with van der Waals surface area (Å²) in [5.41, 5.74) is 1.66.